The van der Waals surface area contributed by atoms with Gasteiger partial charge in [-0.05, 0) is 12.8 Å². The molecule has 0 unspecified atom stereocenters. The second-order valence-corrected chi connectivity index (χ2v) is 10.3. The zero-order valence-corrected chi connectivity index (χ0v) is 29.4. The highest BCUT2D eigenvalue weighted by Crippen LogP contribution is 1.95. The lowest BCUT2D eigenvalue weighted by molar-refractivity contribution is -0.127. The molecule has 0 fully saturated rings. The van der Waals surface area contributed by atoms with Gasteiger partial charge in [-0.2, -0.15) is 0 Å². The van der Waals surface area contributed by atoms with Gasteiger partial charge in [-0.3, -0.25) is 19.2 Å². The molecule has 0 heterocycles. The van der Waals surface area contributed by atoms with Crippen molar-refractivity contribution in [1.29, 1.82) is 0 Å². The van der Waals surface area contributed by atoms with E-state index in [4.69, 9.17) is 53.1 Å². The van der Waals surface area contributed by atoms with E-state index in [0.717, 1.165) is 0 Å². The molecule has 4 N–H and O–H groups in total. The number of rotatable bonds is 41. The van der Waals surface area contributed by atoms with Crippen molar-refractivity contribution in [1.82, 2.24) is 10.6 Å². The van der Waals surface area contributed by atoms with Gasteiger partial charge in [-0.15, -0.1) is 0 Å². The Balaban J connectivity index is 3.35. The number of nitrogens with one attached hydrogen (secondary N) is 2. The van der Waals surface area contributed by atoms with E-state index in [1.54, 1.807) is 0 Å². The second-order valence-electron chi connectivity index (χ2n) is 10.3. The summed E-state index contributed by atoms with van der Waals surface area (Å²) in [6.45, 7) is 5.96. The first-order chi connectivity index (χ1) is 24.5. The highest BCUT2D eigenvalue weighted by atomic mass is 16.5. The molecule has 0 saturated heterocycles. The van der Waals surface area contributed by atoms with Gasteiger partial charge in [0.25, 0.3) is 0 Å². The molecule has 0 saturated carbocycles. The van der Waals surface area contributed by atoms with E-state index in [-0.39, 0.29) is 82.8 Å². The topological polar surface area (TPSA) is 228 Å². The van der Waals surface area contributed by atoms with Crippen LogP contribution in [0.4, 0.5) is 0 Å². The fourth-order valence-electron chi connectivity index (χ4n) is 3.53. The molecule has 50 heavy (non-hydrogen) atoms. The quantitative estimate of drug-likeness (QED) is 0.0469. The van der Waals surface area contributed by atoms with E-state index < -0.39 is 0 Å². The van der Waals surface area contributed by atoms with Crippen molar-refractivity contribution >= 4 is 29.7 Å². The lowest BCUT2D eigenvalue weighted by Crippen LogP contribution is -2.31. The Morgan fingerprint density at radius 2 is 0.800 bits per heavy atom. The third kappa shape index (κ3) is 38.3. The van der Waals surface area contributed by atoms with E-state index in [1.165, 1.54) is 0 Å². The Hall–Kier alpha value is -2.49. The average Bonchev–Trinajstić information content (AvgIpc) is 3.10. The summed E-state index contributed by atoms with van der Waals surface area (Å²) in [5, 5.41) is 5.32. The van der Waals surface area contributed by atoms with Crippen molar-refractivity contribution < 1.29 is 71.3 Å². The summed E-state index contributed by atoms with van der Waals surface area (Å²) >= 11 is 0. The van der Waals surface area contributed by atoms with Gasteiger partial charge in [0.1, 0.15) is 39.3 Å². The number of ketones is 2. The van der Waals surface area contributed by atoms with Gasteiger partial charge in [0.05, 0.1) is 85.9 Å². The first-order valence-corrected chi connectivity index (χ1v) is 17.0. The van der Waals surface area contributed by atoms with Crippen molar-refractivity contribution in [3.05, 3.63) is 0 Å². The molecule has 0 aromatic carbocycles. The van der Waals surface area contributed by atoms with Crippen LogP contribution in [-0.4, -0.2) is 181 Å². The maximum absolute atomic E-state index is 11.9. The van der Waals surface area contributed by atoms with Crippen molar-refractivity contribution in [3.8, 4) is 0 Å². The minimum atomic E-state index is -0.275. The normalized spacial score (nSPS) is 11.1. The predicted molar refractivity (Wildman–Crippen MR) is 178 cm³/mol. The SMILES string of the molecule is NCCOCCOCC(=O)CCCOCCOCC(=O)NCCOCCOCC(=O)CCCOCCOCC(=O)NCCOCCOCC=O. The maximum atomic E-state index is 11.9. The average molecular weight is 726 g/mol. The smallest absolute Gasteiger partial charge is 0.246 e. The molecule has 0 aromatic rings. The molecule has 0 aliphatic heterocycles. The second kappa shape index (κ2) is 39.3. The van der Waals surface area contributed by atoms with Gasteiger partial charge in [0.2, 0.25) is 11.8 Å². The minimum Gasteiger partial charge on any atom is -0.379 e. The van der Waals surface area contributed by atoms with Gasteiger partial charge in [0.15, 0.2) is 11.6 Å². The summed E-state index contributed by atoms with van der Waals surface area (Å²) in [5.74, 6) is -0.589. The van der Waals surface area contributed by atoms with Crippen molar-refractivity contribution in [2.45, 2.75) is 25.7 Å². The van der Waals surface area contributed by atoms with Crippen molar-refractivity contribution in [3.63, 3.8) is 0 Å². The van der Waals surface area contributed by atoms with E-state index in [9.17, 15) is 24.0 Å². The van der Waals surface area contributed by atoms with Crippen LogP contribution in [0.15, 0.2) is 0 Å². The van der Waals surface area contributed by atoms with E-state index in [2.05, 4.69) is 10.6 Å². The fraction of sp³-hybridized carbons (Fsp3) is 0.844. The lowest BCUT2D eigenvalue weighted by atomic mass is 10.2. The standard InChI is InChI=1S/C32H59N3O15/c33-5-11-43-19-21-47-25-29(37)3-1-9-41-18-24-50-28-32(40)35-7-13-45-20-22-48-26-30(38)4-2-10-42-17-23-49-27-31(39)34-6-12-44-15-16-46-14-8-36/h8H,1-7,9-28,33H2,(H,34,39)(H,35,40). The number of hydrogen-bond acceptors (Lipinski definition) is 16. The van der Waals surface area contributed by atoms with Crippen molar-refractivity contribution in [2.75, 3.05) is 152 Å². The summed E-state index contributed by atoms with van der Waals surface area (Å²) in [7, 11) is 0. The van der Waals surface area contributed by atoms with E-state index >= 15 is 0 Å². The predicted octanol–water partition coefficient (Wildman–Crippen LogP) is -1.76. The molecule has 0 atom stereocenters. The number of hydrogen-bond donors (Lipinski definition) is 3. The minimum absolute atomic E-state index is 0.000607. The first-order valence-electron chi connectivity index (χ1n) is 17.0. The third-order valence-electron chi connectivity index (χ3n) is 5.93. The molecule has 292 valence electrons. The number of carbonyl (C=O) groups is 5. The molecule has 0 aliphatic rings. The number of Topliss-reactive ketones (excluding diaryl/α,β-unsaturated/α-hetero) is 2. The Bertz CT molecular complexity index is 839. The first kappa shape index (κ1) is 47.5. The van der Waals surface area contributed by atoms with Gasteiger partial charge < -0.3 is 68.5 Å². The maximum Gasteiger partial charge on any atom is 0.246 e. The number of ether oxygens (including phenoxy) is 10. The Morgan fingerprint density at radius 1 is 0.440 bits per heavy atom. The molecular formula is C32H59N3O15. The Morgan fingerprint density at radius 3 is 1.22 bits per heavy atom. The van der Waals surface area contributed by atoms with E-state index in [0.29, 0.717) is 124 Å². The largest absolute Gasteiger partial charge is 0.379 e. The molecular weight excluding hydrogens is 666 g/mol. The number of nitrogens with two attached hydrogens (primary N) is 1. The van der Waals surface area contributed by atoms with Crippen LogP contribution in [0, 0.1) is 0 Å². The van der Waals surface area contributed by atoms with Crippen LogP contribution >= 0.6 is 0 Å². The summed E-state index contributed by atoms with van der Waals surface area (Å²) in [4.78, 5) is 57.2. The number of amides is 2. The molecule has 0 spiro atoms. The van der Waals surface area contributed by atoms with Crippen LogP contribution in [-0.2, 0) is 71.3 Å². The Kier molecular flexibility index (Phi) is 37.3. The highest BCUT2D eigenvalue weighted by molar-refractivity contribution is 5.80. The van der Waals surface area contributed by atoms with Gasteiger partial charge in [-0.25, -0.2) is 0 Å². The zero-order valence-electron chi connectivity index (χ0n) is 29.4. The fourth-order valence-corrected chi connectivity index (χ4v) is 3.53. The summed E-state index contributed by atoms with van der Waals surface area (Å²) in [5.41, 5.74) is 5.31. The highest BCUT2D eigenvalue weighted by Gasteiger charge is 2.05. The van der Waals surface area contributed by atoms with Crippen LogP contribution in [0.1, 0.15) is 25.7 Å². The van der Waals surface area contributed by atoms with Gasteiger partial charge >= 0.3 is 0 Å². The monoisotopic (exact) mass is 725 g/mol. The van der Waals surface area contributed by atoms with Crippen LogP contribution < -0.4 is 16.4 Å². The van der Waals surface area contributed by atoms with Crippen LogP contribution in [0.2, 0.25) is 0 Å². The Labute approximate surface area is 294 Å². The van der Waals surface area contributed by atoms with Crippen LogP contribution in [0.25, 0.3) is 0 Å². The van der Waals surface area contributed by atoms with Gasteiger partial charge in [0, 0.05) is 45.7 Å². The van der Waals surface area contributed by atoms with Crippen molar-refractivity contribution in [2.24, 2.45) is 5.73 Å². The zero-order chi connectivity index (χ0) is 36.6. The summed E-state index contributed by atoms with van der Waals surface area (Å²) in [6.07, 6.45) is 2.47. The number of carbonyl (C=O) groups excluding carboxylic acids is 5. The molecule has 0 aliphatic carbocycles. The van der Waals surface area contributed by atoms with Crippen LogP contribution in [0.3, 0.4) is 0 Å². The van der Waals surface area contributed by atoms with E-state index in [1.807, 2.05) is 0 Å². The molecule has 18 heteroatoms. The van der Waals surface area contributed by atoms with Gasteiger partial charge in [-0.1, -0.05) is 0 Å². The summed E-state index contributed by atoms with van der Waals surface area (Å²) in [6, 6.07) is 0. The molecule has 0 bridgehead atoms. The van der Waals surface area contributed by atoms with Crippen LogP contribution in [0.5, 0.6) is 0 Å². The molecule has 0 rings (SSSR count). The summed E-state index contributed by atoms with van der Waals surface area (Å²) < 4.78 is 52.5. The molecule has 0 aromatic heterocycles. The molecule has 2 amide bonds. The third-order valence-corrected chi connectivity index (χ3v) is 5.93. The molecule has 0 radical (unpaired) electrons. The molecule has 18 nitrogen and oxygen atoms in total. The lowest BCUT2D eigenvalue weighted by Gasteiger charge is -2.08. The number of aldehydes is 1.